The van der Waals surface area contributed by atoms with Gasteiger partial charge in [-0.2, -0.15) is 0 Å². The lowest BCUT2D eigenvalue weighted by Crippen LogP contribution is -2.46. The number of aromatic hydroxyl groups is 1. The van der Waals surface area contributed by atoms with Crippen molar-refractivity contribution in [3.8, 4) is 28.4 Å². The summed E-state index contributed by atoms with van der Waals surface area (Å²) < 4.78 is 17.0. The third kappa shape index (κ3) is 4.56. The zero-order valence-electron chi connectivity index (χ0n) is 23.4. The average molecular weight is 587 g/mol. The summed E-state index contributed by atoms with van der Waals surface area (Å²) in [6.45, 7) is 1.65. The number of carbonyl (C=O) groups excluding carboxylic acids is 3. The Kier molecular flexibility index (Phi) is 7.06. The highest BCUT2D eigenvalue weighted by Crippen LogP contribution is 2.52. The van der Waals surface area contributed by atoms with Crippen LogP contribution in [0.2, 0.25) is 0 Å². The molecule has 1 heterocycles. The van der Waals surface area contributed by atoms with E-state index in [1.54, 1.807) is 6.07 Å². The molecule has 1 fully saturated rings. The molecule has 0 saturated heterocycles. The molecule has 3 aromatic carbocycles. The number of phenolic OH excluding ortho intramolecular Hbond substituents is 1. The summed E-state index contributed by atoms with van der Waals surface area (Å²) in [5, 5.41) is 22.3. The van der Waals surface area contributed by atoms with E-state index in [1.807, 2.05) is 48.5 Å². The number of ketones is 3. The molecule has 4 N–H and O–H groups in total. The fraction of sp³-hybridized carbons (Fsp3) is 0.265. The predicted octanol–water partition coefficient (Wildman–Crippen LogP) is 5.13. The monoisotopic (exact) mass is 586 g/mol. The van der Waals surface area contributed by atoms with Gasteiger partial charge in [0.1, 0.15) is 23.9 Å². The predicted molar refractivity (Wildman–Crippen MR) is 159 cm³/mol. The second-order valence-corrected chi connectivity index (χ2v) is 11.3. The van der Waals surface area contributed by atoms with Crippen LogP contribution in [0.1, 0.15) is 39.3 Å². The van der Waals surface area contributed by atoms with Crippen molar-refractivity contribution in [2.45, 2.75) is 32.8 Å². The van der Waals surface area contributed by atoms with Crippen molar-refractivity contribution >= 4 is 23.1 Å². The second-order valence-electron chi connectivity index (χ2n) is 11.3. The first-order valence-corrected chi connectivity index (χ1v) is 14.0. The molecule has 9 nitrogen and oxygen atoms in total. The maximum Gasteiger partial charge on any atom is 0.231 e. The molecule has 0 bridgehead atoms. The lowest BCUT2D eigenvalue weighted by Gasteiger charge is -2.41. The Morgan fingerprint density at radius 2 is 1.74 bits per heavy atom. The largest absolute Gasteiger partial charge is 0.507 e. The van der Waals surface area contributed by atoms with E-state index in [0.717, 1.165) is 16.7 Å². The van der Waals surface area contributed by atoms with Crippen LogP contribution in [-0.2, 0) is 32.1 Å². The molecule has 3 aliphatic carbocycles. The van der Waals surface area contributed by atoms with Gasteiger partial charge < -0.3 is 29.9 Å². The van der Waals surface area contributed by atoms with E-state index in [1.165, 1.54) is 13.0 Å². The van der Waals surface area contributed by atoms with Crippen molar-refractivity contribution in [3.63, 3.8) is 0 Å². The molecule has 0 radical (unpaired) electrons. The first-order valence-electron chi connectivity index (χ1n) is 14.0. The number of fused-ring (bicyclic) bond motifs is 4. The molecule has 9 heteroatoms. The third-order valence-corrected chi connectivity index (χ3v) is 8.80. The van der Waals surface area contributed by atoms with Crippen LogP contribution in [0.3, 0.4) is 0 Å². The summed E-state index contributed by atoms with van der Waals surface area (Å²) in [7, 11) is 0. The molecule has 0 spiro atoms. The van der Waals surface area contributed by atoms with Crippen LogP contribution in [0.5, 0.6) is 17.2 Å². The van der Waals surface area contributed by atoms with Gasteiger partial charge in [0, 0.05) is 14.8 Å². The minimum atomic E-state index is -1.08. The molecule has 4 aliphatic rings. The van der Waals surface area contributed by atoms with Crippen molar-refractivity contribution in [3.05, 3.63) is 94.3 Å². The molecule has 7 rings (SSSR count). The van der Waals surface area contributed by atoms with Gasteiger partial charge in [-0.05, 0) is 72.1 Å². The Balaban J connectivity index is 0.00000154. The lowest BCUT2D eigenvalue weighted by atomic mass is 9.60. The number of rotatable bonds is 5. The summed E-state index contributed by atoms with van der Waals surface area (Å²) in [5.41, 5.74) is 3.50. The third-order valence-electron chi connectivity index (χ3n) is 8.80. The minimum Gasteiger partial charge on any atom is -0.507 e. The van der Waals surface area contributed by atoms with Crippen LogP contribution in [0.4, 0.5) is 0 Å². The number of aliphatic hydroxyl groups excluding tert-OH is 1. The highest BCUT2D eigenvalue weighted by Gasteiger charge is 2.52. The van der Waals surface area contributed by atoms with Crippen LogP contribution in [0, 0.1) is 17.8 Å². The number of carbonyl (C=O) groups is 3. The molecule has 3 unspecified atom stereocenters. The molecule has 0 amide bonds. The van der Waals surface area contributed by atoms with Crippen LogP contribution < -0.4 is 9.47 Å². The van der Waals surface area contributed by atoms with E-state index < -0.39 is 23.3 Å². The Bertz CT molecular complexity index is 1750. The molecule has 43 heavy (non-hydrogen) atoms. The molecule has 0 aromatic heterocycles. The van der Waals surface area contributed by atoms with E-state index in [9.17, 15) is 24.6 Å². The molecular weight excluding hydrogens is 552 g/mol. The second kappa shape index (κ2) is 10.7. The van der Waals surface area contributed by atoms with Gasteiger partial charge in [-0.15, -0.1) is 0 Å². The first-order chi connectivity index (χ1) is 20.3. The maximum atomic E-state index is 13.9. The average Bonchev–Trinajstić information content (AvgIpc) is 3.44. The number of hydrogen-bond donors (Lipinski definition) is 2. The van der Waals surface area contributed by atoms with Crippen LogP contribution in [-0.4, -0.2) is 39.8 Å². The fourth-order valence-electron chi connectivity index (χ4n) is 6.94. The van der Waals surface area contributed by atoms with Crippen molar-refractivity contribution in [1.82, 2.24) is 0 Å². The summed E-state index contributed by atoms with van der Waals surface area (Å²) >= 11 is 0. The topological polar surface area (TPSA) is 151 Å². The molecule has 3 aromatic rings. The SMILES string of the molecule is CC(=O)C1=C(OCc2ccccc2)CC2CC3Cc4c(-c5ccc6c(c5)OCO6)ccc(O)c4C(O)=C3C(=O)C2C1=O.O.[HH].[HH]. The van der Waals surface area contributed by atoms with Crippen molar-refractivity contribution in [1.29, 1.82) is 0 Å². The Morgan fingerprint density at radius 1 is 0.977 bits per heavy atom. The number of benzene rings is 3. The number of aliphatic hydroxyl groups is 1. The van der Waals surface area contributed by atoms with Crippen LogP contribution in [0.25, 0.3) is 16.9 Å². The van der Waals surface area contributed by atoms with E-state index in [0.29, 0.717) is 35.7 Å². The van der Waals surface area contributed by atoms with Crippen molar-refractivity contribution < 1.29 is 47.1 Å². The molecular formula is C34H34O9. The Labute approximate surface area is 250 Å². The van der Waals surface area contributed by atoms with E-state index in [2.05, 4.69) is 0 Å². The zero-order chi connectivity index (χ0) is 29.1. The lowest BCUT2D eigenvalue weighted by molar-refractivity contribution is -0.135. The fourth-order valence-corrected chi connectivity index (χ4v) is 6.94. The van der Waals surface area contributed by atoms with Gasteiger partial charge in [0.2, 0.25) is 6.79 Å². The molecule has 1 aliphatic heterocycles. The summed E-state index contributed by atoms with van der Waals surface area (Å²) in [5.74, 6) is -2.22. The minimum absolute atomic E-state index is 0. The number of allylic oxidation sites excluding steroid dienone is 3. The van der Waals surface area contributed by atoms with Gasteiger partial charge in [-0.3, -0.25) is 14.4 Å². The van der Waals surface area contributed by atoms with Crippen LogP contribution >= 0.6 is 0 Å². The van der Waals surface area contributed by atoms with Crippen molar-refractivity contribution in [2.75, 3.05) is 6.79 Å². The maximum absolute atomic E-state index is 13.9. The smallest absolute Gasteiger partial charge is 0.231 e. The first kappa shape index (κ1) is 28.2. The van der Waals surface area contributed by atoms with Crippen LogP contribution in [0.15, 0.2) is 77.6 Å². The Morgan fingerprint density at radius 3 is 2.51 bits per heavy atom. The number of phenols is 1. The van der Waals surface area contributed by atoms with Gasteiger partial charge in [-0.25, -0.2) is 0 Å². The molecule has 1 saturated carbocycles. The summed E-state index contributed by atoms with van der Waals surface area (Å²) in [6.07, 6.45) is 1.11. The number of hydrogen-bond acceptors (Lipinski definition) is 8. The number of Topliss-reactive ketones (excluding diaryl/α,β-unsaturated/α-hetero) is 3. The quantitative estimate of drug-likeness (QED) is 0.308. The highest BCUT2D eigenvalue weighted by molar-refractivity contribution is 6.28. The van der Waals surface area contributed by atoms with Gasteiger partial charge in [0.15, 0.2) is 28.8 Å². The molecule has 3 atom stereocenters. The highest BCUT2D eigenvalue weighted by atomic mass is 16.7. The number of ether oxygens (including phenoxy) is 3. The Hall–Kier alpha value is -4.89. The van der Waals surface area contributed by atoms with E-state index in [4.69, 9.17) is 14.2 Å². The van der Waals surface area contributed by atoms with Gasteiger partial charge in [0.05, 0.1) is 17.1 Å². The van der Waals surface area contributed by atoms with E-state index >= 15 is 0 Å². The van der Waals surface area contributed by atoms with E-state index in [-0.39, 0.29) is 68.2 Å². The normalized spacial score (nSPS) is 21.9. The van der Waals surface area contributed by atoms with Crippen molar-refractivity contribution in [2.24, 2.45) is 17.8 Å². The zero-order valence-corrected chi connectivity index (χ0v) is 23.4. The van der Waals surface area contributed by atoms with Gasteiger partial charge >= 0.3 is 0 Å². The summed E-state index contributed by atoms with van der Waals surface area (Å²) in [4.78, 5) is 40.3. The van der Waals surface area contributed by atoms with Gasteiger partial charge in [0.25, 0.3) is 0 Å². The van der Waals surface area contributed by atoms with Gasteiger partial charge in [-0.1, -0.05) is 42.5 Å². The molecule has 224 valence electrons. The summed E-state index contributed by atoms with van der Waals surface area (Å²) in [6, 6.07) is 18.3. The standard InChI is InChI=1S/C34H28O8.H2O.2H2/c1-17(35)28-27(40-15-18-5-3-2-4-6-18)14-21-11-20-12-23-22(19-7-10-25-26(13-19)42-16-41-25)8-9-24(36)31(23)34(39)29(20)33(38)30(21)32(28)37;;;/h2-10,13,20-21,30,36,39H,11-12,14-16H2,1H3;1H2;2*1H.